The van der Waals surface area contributed by atoms with Crippen LogP contribution in [0.4, 0.5) is 0 Å². The Balaban J connectivity index is 2.08. The third-order valence-corrected chi connectivity index (χ3v) is 3.68. The lowest BCUT2D eigenvalue weighted by molar-refractivity contribution is 0.0868. The van der Waals surface area contributed by atoms with E-state index >= 15 is 0 Å². The number of nitrogens with zero attached hydrogens (tertiary/aromatic N) is 1. The smallest absolute Gasteiger partial charge is 0.270 e. The monoisotopic (exact) mass is 295 g/mol. The summed E-state index contributed by atoms with van der Waals surface area (Å²) < 4.78 is 0. The SMILES string of the molecule is CC1(C)CC(NC(=O)c2cccc(Cl)n2)CC(C)(C)N1. The third-order valence-electron chi connectivity index (χ3n) is 3.47. The summed E-state index contributed by atoms with van der Waals surface area (Å²) in [5.74, 6) is -0.161. The minimum Gasteiger partial charge on any atom is -0.348 e. The van der Waals surface area contributed by atoms with E-state index in [0.717, 1.165) is 12.8 Å². The number of amides is 1. The van der Waals surface area contributed by atoms with Crippen LogP contribution in [0.1, 0.15) is 51.0 Å². The van der Waals surface area contributed by atoms with Gasteiger partial charge in [0.05, 0.1) is 0 Å². The molecule has 0 bridgehead atoms. The molecular weight excluding hydrogens is 274 g/mol. The summed E-state index contributed by atoms with van der Waals surface area (Å²) in [4.78, 5) is 16.3. The number of carbonyl (C=O) groups is 1. The summed E-state index contributed by atoms with van der Waals surface area (Å²) >= 11 is 5.82. The highest BCUT2D eigenvalue weighted by Gasteiger charge is 2.38. The van der Waals surface area contributed by atoms with E-state index in [0.29, 0.717) is 10.8 Å². The normalized spacial score (nSPS) is 21.4. The van der Waals surface area contributed by atoms with E-state index in [1.807, 2.05) is 0 Å². The van der Waals surface area contributed by atoms with Crippen molar-refractivity contribution in [2.45, 2.75) is 57.7 Å². The van der Waals surface area contributed by atoms with Crippen molar-refractivity contribution in [2.24, 2.45) is 0 Å². The second-order valence-corrected chi connectivity index (χ2v) is 7.20. The first-order chi connectivity index (χ1) is 9.17. The van der Waals surface area contributed by atoms with Crippen LogP contribution in [0.5, 0.6) is 0 Å². The fourth-order valence-corrected chi connectivity index (χ4v) is 3.38. The molecule has 2 N–H and O–H groups in total. The summed E-state index contributed by atoms with van der Waals surface area (Å²) in [5, 5.41) is 7.01. The molecule has 1 aliphatic rings. The molecule has 110 valence electrons. The van der Waals surface area contributed by atoms with Gasteiger partial charge in [-0.2, -0.15) is 0 Å². The molecule has 0 unspecified atom stereocenters. The zero-order valence-electron chi connectivity index (χ0n) is 12.5. The van der Waals surface area contributed by atoms with E-state index in [9.17, 15) is 4.79 Å². The molecule has 0 atom stereocenters. The maximum atomic E-state index is 12.2. The third kappa shape index (κ3) is 3.93. The number of carbonyl (C=O) groups excluding carboxylic acids is 1. The average Bonchev–Trinajstić information content (AvgIpc) is 2.24. The standard InChI is InChI=1S/C15H22ClN3O/c1-14(2)8-10(9-15(3,4)19-14)17-13(20)11-6-5-7-12(16)18-11/h5-7,10,19H,8-9H2,1-4H3,(H,17,20). The molecule has 5 heteroatoms. The Labute approximate surface area is 125 Å². The molecular formula is C15H22ClN3O. The van der Waals surface area contributed by atoms with E-state index in [1.165, 1.54) is 0 Å². The van der Waals surface area contributed by atoms with Crippen molar-refractivity contribution < 1.29 is 4.79 Å². The second-order valence-electron chi connectivity index (χ2n) is 6.82. The topological polar surface area (TPSA) is 54.0 Å². The van der Waals surface area contributed by atoms with Crippen LogP contribution in [0.2, 0.25) is 5.15 Å². The van der Waals surface area contributed by atoms with Crippen LogP contribution in [0.15, 0.2) is 18.2 Å². The summed E-state index contributed by atoms with van der Waals surface area (Å²) in [6.45, 7) is 8.63. The van der Waals surface area contributed by atoms with Crippen LogP contribution in [0.3, 0.4) is 0 Å². The Hall–Kier alpha value is -1.13. The second kappa shape index (κ2) is 5.34. The summed E-state index contributed by atoms with van der Waals surface area (Å²) in [6, 6.07) is 5.21. The van der Waals surface area contributed by atoms with Crippen LogP contribution >= 0.6 is 11.6 Å². The van der Waals surface area contributed by atoms with Crippen LogP contribution in [-0.2, 0) is 0 Å². The molecule has 20 heavy (non-hydrogen) atoms. The van der Waals surface area contributed by atoms with Gasteiger partial charge in [0.1, 0.15) is 10.8 Å². The molecule has 1 saturated heterocycles. The molecule has 1 fully saturated rings. The lowest BCUT2D eigenvalue weighted by atomic mass is 9.79. The molecule has 1 aromatic heterocycles. The van der Waals surface area contributed by atoms with E-state index in [-0.39, 0.29) is 23.0 Å². The number of pyridine rings is 1. The zero-order chi connectivity index (χ0) is 15.0. The molecule has 0 aliphatic carbocycles. The molecule has 0 spiro atoms. The molecule has 0 radical (unpaired) electrons. The van der Waals surface area contributed by atoms with Gasteiger partial charge in [-0.05, 0) is 52.7 Å². The molecule has 0 aromatic carbocycles. The maximum absolute atomic E-state index is 12.2. The average molecular weight is 296 g/mol. The zero-order valence-corrected chi connectivity index (χ0v) is 13.2. The van der Waals surface area contributed by atoms with E-state index in [4.69, 9.17) is 11.6 Å². The maximum Gasteiger partial charge on any atom is 0.270 e. The van der Waals surface area contributed by atoms with Gasteiger partial charge < -0.3 is 10.6 Å². The summed E-state index contributed by atoms with van der Waals surface area (Å²) in [7, 11) is 0. The quantitative estimate of drug-likeness (QED) is 0.825. The lowest BCUT2D eigenvalue weighted by Gasteiger charge is -2.46. The number of hydrogen-bond acceptors (Lipinski definition) is 3. The van der Waals surface area contributed by atoms with Gasteiger partial charge in [-0.1, -0.05) is 17.7 Å². The van der Waals surface area contributed by atoms with Crippen LogP contribution in [0.25, 0.3) is 0 Å². The van der Waals surface area contributed by atoms with Gasteiger partial charge in [0, 0.05) is 17.1 Å². The van der Waals surface area contributed by atoms with Crippen molar-refractivity contribution >= 4 is 17.5 Å². The van der Waals surface area contributed by atoms with Crippen molar-refractivity contribution in [1.29, 1.82) is 0 Å². The fraction of sp³-hybridized carbons (Fsp3) is 0.600. The lowest BCUT2D eigenvalue weighted by Crippen LogP contribution is -2.62. The molecule has 1 aliphatic heterocycles. The largest absolute Gasteiger partial charge is 0.348 e. The van der Waals surface area contributed by atoms with Crippen molar-refractivity contribution in [3.8, 4) is 0 Å². The molecule has 2 heterocycles. The number of halogens is 1. The van der Waals surface area contributed by atoms with Crippen LogP contribution < -0.4 is 10.6 Å². The van der Waals surface area contributed by atoms with Gasteiger partial charge in [-0.25, -0.2) is 4.98 Å². The predicted molar refractivity (Wildman–Crippen MR) is 81.0 cm³/mol. The van der Waals surface area contributed by atoms with E-state index in [1.54, 1.807) is 18.2 Å². The van der Waals surface area contributed by atoms with Crippen molar-refractivity contribution in [3.05, 3.63) is 29.0 Å². The molecule has 1 amide bonds. The van der Waals surface area contributed by atoms with Crippen LogP contribution in [-0.4, -0.2) is 28.0 Å². The number of piperidine rings is 1. The number of rotatable bonds is 2. The highest BCUT2D eigenvalue weighted by atomic mass is 35.5. The Bertz CT molecular complexity index is 498. The minimum atomic E-state index is -0.161. The summed E-state index contributed by atoms with van der Waals surface area (Å²) in [5.41, 5.74) is 0.370. The number of aromatic nitrogens is 1. The predicted octanol–water partition coefficient (Wildman–Crippen LogP) is 2.77. The molecule has 4 nitrogen and oxygen atoms in total. The van der Waals surface area contributed by atoms with Gasteiger partial charge in [-0.3, -0.25) is 4.79 Å². The van der Waals surface area contributed by atoms with Crippen molar-refractivity contribution in [2.75, 3.05) is 0 Å². The summed E-state index contributed by atoms with van der Waals surface area (Å²) in [6.07, 6.45) is 1.78. The highest BCUT2D eigenvalue weighted by Crippen LogP contribution is 2.28. The molecule has 2 rings (SSSR count). The van der Waals surface area contributed by atoms with Gasteiger partial charge in [-0.15, -0.1) is 0 Å². The van der Waals surface area contributed by atoms with E-state index < -0.39 is 0 Å². The van der Waals surface area contributed by atoms with Crippen molar-refractivity contribution in [3.63, 3.8) is 0 Å². The first kappa shape index (κ1) is 15.3. The van der Waals surface area contributed by atoms with Gasteiger partial charge in [0.2, 0.25) is 0 Å². The van der Waals surface area contributed by atoms with Gasteiger partial charge in [0.25, 0.3) is 5.91 Å². The Kier molecular flexibility index (Phi) is 4.07. The molecule has 0 saturated carbocycles. The highest BCUT2D eigenvalue weighted by molar-refractivity contribution is 6.29. The molecule has 1 aromatic rings. The van der Waals surface area contributed by atoms with Crippen LogP contribution in [0, 0.1) is 0 Å². The first-order valence-electron chi connectivity index (χ1n) is 6.90. The van der Waals surface area contributed by atoms with Gasteiger partial charge in [0.15, 0.2) is 0 Å². The van der Waals surface area contributed by atoms with E-state index in [2.05, 4.69) is 43.3 Å². The minimum absolute atomic E-state index is 0.00145. The Morgan fingerprint density at radius 2 is 1.90 bits per heavy atom. The number of nitrogens with one attached hydrogen (secondary N) is 2. The van der Waals surface area contributed by atoms with Crippen molar-refractivity contribution in [1.82, 2.24) is 15.6 Å². The Morgan fingerprint density at radius 3 is 2.45 bits per heavy atom. The fourth-order valence-electron chi connectivity index (χ4n) is 3.22. The van der Waals surface area contributed by atoms with Gasteiger partial charge >= 0.3 is 0 Å². The Morgan fingerprint density at radius 1 is 1.30 bits per heavy atom. The first-order valence-corrected chi connectivity index (χ1v) is 7.27. The number of hydrogen-bond donors (Lipinski definition) is 2.